The molecule has 1 N–H and O–H groups in total. The van der Waals surface area contributed by atoms with Crippen LogP contribution in [0.4, 0.5) is 17.6 Å². The summed E-state index contributed by atoms with van der Waals surface area (Å²) in [7, 11) is 0. The van der Waals surface area contributed by atoms with Crippen LogP contribution in [-0.4, -0.2) is 37.1 Å². The van der Waals surface area contributed by atoms with Gasteiger partial charge in [-0.15, -0.1) is 0 Å². The number of rotatable bonds is 10. The maximum atomic E-state index is 12.6. The first kappa shape index (κ1) is 17.2. The molecule has 0 aromatic heterocycles. The third-order valence-electron chi connectivity index (χ3n) is 3.38. The summed E-state index contributed by atoms with van der Waals surface area (Å²) in [6, 6.07) is 2.59. The molecule has 0 heterocycles. The van der Waals surface area contributed by atoms with Gasteiger partial charge in [0.1, 0.15) is 12.1 Å². The van der Waals surface area contributed by atoms with Crippen molar-refractivity contribution in [1.82, 2.24) is 5.32 Å². The van der Waals surface area contributed by atoms with Gasteiger partial charge in [0.05, 0.1) is 6.07 Å². The maximum absolute atomic E-state index is 12.6. The Morgan fingerprint density at radius 2 is 2.05 bits per heavy atom. The predicted molar refractivity (Wildman–Crippen MR) is 65.8 cm³/mol. The standard InChI is InChI=1S/C13H20F4N2O/c1-2-12(8-18,19-10-4-5-10)6-3-7-20-9-13(16,17)11(14)15/h10-11,19H,2-7,9H2,1H3. The molecule has 0 aromatic carbocycles. The number of halogens is 4. The van der Waals surface area contributed by atoms with Crippen molar-refractivity contribution in [1.29, 1.82) is 5.26 Å². The molecule has 1 atom stereocenters. The second-order valence-corrected chi connectivity index (χ2v) is 5.18. The molecule has 116 valence electrons. The molecule has 1 aliphatic rings. The van der Waals surface area contributed by atoms with Crippen molar-refractivity contribution in [3.8, 4) is 6.07 Å². The number of hydrogen-bond acceptors (Lipinski definition) is 3. The Bertz CT molecular complexity index is 342. The van der Waals surface area contributed by atoms with Crippen molar-refractivity contribution in [3.05, 3.63) is 0 Å². The van der Waals surface area contributed by atoms with Crippen LogP contribution >= 0.6 is 0 Å². The van der Waals surface area contributed by atoms with Gasteiger partial charge in [-0.25, -0.2) is 8.78 Å². The van der Waals surface area contributed by atoms with Crippen LogP contribution in [0.3, 0.4) is 0 Å². The second kappa shape index (κ2) is 7.23. The summed E-state index contributed by atoms with van der Waals surface area (Å²) in [4.78, 5) is 0. The zero-order valence-corrected chi connectivity index (χ0v) is 11.5. The van der Waals surface area contributed by atoms with Gasteiger partial charge >= 0.3 is 12.3 Å². The average Bonchev–Trinajstić information content (AvgIpc) is 3.20. The highest BCUT2D eigenvalue weighted by Gasteiger charge is 2.41. The van der Waals surface area contributed by atoms with Gasteiger partial charge in [0.2, 0.25) is 0 Å². The first-order chi connectivity index (χ1) is 9.35. The van der Waals surface area contributed by atoms with E-state index in [1.807, 2.05) is 6.92 Å². The van der Waals surface area contributed by atoms with Gasteiger partial charge in [0.25, 0.3) is 0 Å². The Balaban J connectivity index is 2.26. The molecule has 1 fully saturated rings. The molecule has 0 aromatic rings. The van der Waals surface area contributed by atoms with Crippen LogP contribution in [0.25, 0.3) is 0 Å². The molecule has 1 saturated carbocycles. The van der Waals surface area contributed by atoms with Crippen LogP contribution in [-0.2, 0) is 4.74 Å². The Morgan fingerprint density at radius 3 is 2.50 bits per heavy atom. The van der Waals surface area contributed by atoms with Gasteiger partial charge in [0.15, 0.2) is 0 Å². The predicted octanol–water partition coefficient (Wildman–Crippen LogP) is 3.11. The van der Waals surface area contributed by atoms with E-state index < -0.39 is 24.5 Å². The fraction of sp³-hybridized carbons (Fsp3) is 0.923. The zero-order valence-electron chi connectivity index (χ0n) is 11.5. The molecular weight excluding hydrogens is 276 g/mol. The van der Waals surface area contributed by atoms with E-state index in [4.69, 9.17) is 0 Å². The van der Waals surface area contributed by atoms with Gasteiger partial charge in [-0.3, -0.25) is 5.32 Å². The molecule has 0 saturated heterocycles. The van der Waals surface area contributed by atoms with Gasteiger partial charge in [0, 0.05) is 12.6 Å². The number of nitrogens with zero attached hydrogens (tertiary/aromatic N) is 1. The van der Waals surface area contributed by atoms with Crippen LogP contribution in [0.2, 0.25) is 0 Å². The molecule has 0 amide bonds. The van der Waals surface area contributed by atoms with Gasteiger partial charge < -0.3 is 4.74 Å². The summed E-state index contributed by atoms with van der Waals surface area (Å²) in [5.74, 6) is -4.11. The van der Waals surface area contributed by atoms with E-state index in [-0.39, 0.29) is 6.61 Å². The van der Waals surface area contributed by atoms with Crippen molar-refractivity contribution >= 4 is 0 Å². The molecular formula is C13H20F4N2O. The van der Waals surface area contributed by atoms with E-state index in [1.165, 1.54) is 0 Å². The van der Waals surface area contributed by atoms with E-state index >= 15 is 0 Å². The number of nitrogens with one attached hydrogen (secondary N) is 1. The van der Waals surface area contributed by atoms with Crippen molar-refractivity contribution in [2.45, 2.75) is 63.0 Å². The van der Waals surface area contributed by atoms with Crippen LogP contribution in [0, 0.1) is 11.3 Å². The summed E-state index contributed by atoms with van der Waals surface area (Å²) >= 11 is 0. The summed E-state index contributed by atoms with van der Waals surface area (Å²) in [5.41, 5.74) is -0.671. The van der Waals surface area contributed by atoms with E-state index in [0.29, 0.717) is 25.3 Å². The molecule has 1 rings (SSSR count). The van der Waals surface area contributed by atoms with Gasteiger partial charge in [-0.2, -0.15) is 14.0 Å². The lowest BCUT2D eigenvalue weighted by Gasteiger charge is -2.26. The van der Waals surface area contributed by atoms with Crippen LogP contribution < -0.4 is 5.32 Å². The van der Waals surface area contributed by atoms with Crippen LogP contribution in [0.5, 0.6) is 0 Å². The smallest absolute Gasteiger partial charge is 0.330 e. The topological polar surface area (TPSA) is 45.0 Å². The molecule has 1 aliphatic carbocycles. The number of nitriles is 1. The molecule has 7 heteroatoms. The number of alkyl halides is 4. The lowest BCUT2D eigenvalue weighted by molar-refractivity contribution is -0.166. The highest BCUT2D eigenvalue weighted by atomic mass is 19.3. The van der Waals surface area contributed by atoms with Gasteiger partial charge in [-0.05, 0) is 32.1 Å². The maximum Gasteiger partial charge on any atom is 0.330 e. The quantitative estimate of drug-likeness (QED) is 0.497. The van der Waals surface area contributed by atoms with E-state index in [0.717, 1.165) is 12.8 Å². The third kappa shape index (κ3) is 5.25. The Kier molecular flexibility index (Phi) is 6.21. The van der Waals surface area contributed by atoms with Crippen molar-refractivity contribution in [2.75, 3.05) is 13.2 Å². The highest BCUT2D eigenvalue weighted by Crippen LogP contribution is 2.27. The lowest BCUT2D eigenvalue weighted by Crippen LogP contribution is -2.45. The minimum Gasteiger partial charge on any atom is -0.375 e. The SMILES string of the molecule is CCC(C#N)(CCCOCC(F)(F)C(F)F)NC1CC1. The molecule has 0 radical (unpaired) electrons. The van der Waals surface area contributed by atoms with E-state index in [1.54, 1.807) is 0 Å². The summed E-state index contributed by atoms with van der Waals surface area (Å²) in [6.45, 7) is 0.537. The lowest BCUT2D eigenvalue weighted by atomic mass is 9.92. The normalized spacial score (nSPS) is 18.9. The van der Waals surface area contributed by atoms with Gasteiger partial charge in [-0.1, -0.05) is 6.92 Å². The highest BCUT2D eigenvalue weighted by molar-refractivity contribution is 5.09. The average molecular weight is 296 g/mol. The summed E-state index contributed by atoms with van der Waals surface area (Å²) in [6.07, 6.45) is -0.196. The minimum absolute atomic E-state index is 0.0575. The van der Waals surface area contributed by atoms with Crippen molar-refractivity contribution < 1.29 is 22.3 Å². The Morgan fingerprint density at radius 1 is 1.40 bits per heavy atom. The monoisotopic (exact) mass is 296 g/mol. The van der Waals surface area contributed by atoms with E-state index in [9.17, 15) is 22.8 Å². The van der Waals surface area contributed by atoms with E-state index in [2.05, 4.69) is 16.1 Å². The minimum atomic E-state index is -4.11. The Labute approximate surface area is 116 Å². The fourth-order valence-electron chi connectivity index (χ4n) is 1.88. The van der Waals surface area contributed by atoms with Crippen LogP contribution in [0.15, 0.2) is 0 Å². The molecule has 0 spiro atoms. The zero-order chi connectivity index (χ0) is 15.2. The largest absolute Gasteiger partial charge is 0.375 e. The molecule has 0 bridgehead atoms. The first-order valence-electron chi connectivity index (χ1n) is 6.78. The van der Waals surface area contributed by atoms with Crippen molar-refractivity contribution in [2.24, 2.45) is 0 Å². The number of ether oxygens (including phenoxy) is 1. The first-order valence-corrected chi connectivity index (χ1v) is 6.78. The molecule has 3 nitrogen and oxygen atoms in total. The fourth-order valence-corrected chi connectivity index (χ4v) is 1.88. The Hall–Kier alpha value is -0.870. The molecule has 0 aliphatic heterocycles. The third-order valence-corrected chi connectivity index (χ3v) is 3.38. The summed E-state index contributed by atoms with van der Waals surface area (Å²) in [5, 5.41) is 12.5. The molecule has 20 heavy (non-hydrogen) atoms. The summed E-state index contributed by atoms with van der Waals surface area (Å²) < 4.78 is 53.5. The van der Waals surface area contributed by atoms with Crippen LogP contribution in [0.1, 0.15) is 39.0 Å². The number of hydrogen-bond donors (Lipinski definition) is 1. The van der Waals surface area contributed by atoms with Crippen molar-refractivity contribution in [3.63, 3.8) is 0 Å². The molecule has 1 unspecified atom stereocenters. The second-order valence-electron chi connectivity index (χ2n) is 5.18.